The standard InChI is InChI=1S/C9H10O2S/c10-8-4-3-7(2-1-5-12)9(11)6-8/h1-4,6,10-12H,5H2. The minimum absolute atomic E-state index is 0.0653. The van der Waals surface area contributed by atoms with E-state index in [2.05, 4.69) is 12.6 Å². The minimum atomic E-state index is 0.0653. The van der Waals surface area contributed by atoms with Crippen LogP contribution in [0.15, 0.2) is 24.3 Å². The third kappa shape index (κ3) is 2.20. The lowest BCUT2D eigenvalue weighted by Crippen LogP contribution is -1.74. The molecule has 0 aliphatic rings. The predicted molar refractivity (Wildman–Crippen MR) is 52.7 cm³/mol. The largest absolute Gasteiger partial charge is 0.508 e. The average molecular weight is 182 g/mol. The van der Waals surface area contributed by atoms with E-state index in [-0.39, 0.29) is 11.5 Å². The first-order valence-corrected chi connectivity index (χ1v) is 4.16. The van der Waals surface area contributed by atoms with Crippen molar-refractivity contribution in [2.24, 2.45) is 0 Å². The Morgan fingerprint density at radius 1 is 1.33 bits per heavy atom. The molecular weight excluding hydrogens is 172 g/mol. The van der Waals surface area contributed by atoms with Crippen molar-refractivity contribution in [1.82, 2.24) is 0 Å². The normalized spacial score (nSPS) is 10.8. The van der Waals surface area contributed by atoms with Crippen LogP contribution in [-0.4, -0.2) is 16.0 Å². The Morgan fingerprint density at radius 3 is 2.67 bits per heavy atom. The van der Waals surface area contributed by atoms with Crippen molar-refractivity contribution in [3.63, 3.8) is 0 Å². The zero-order valence-electron chi connectivity index (χ0n) is 6.44. The average Bonchev–Trinajstić information content (AvgIpc) is 2.03. The van der Waals surface area contributed by atoms with E-state index in [1.54, 1.807) is 12.1 Å². The Balaban J connectivity index is 2.94. The molecule has 0 heterocycles. The van der Waals surface area contributed by atoms with Crippen LogP contribution in [-0.2, 0) is 0 Å². The van der Waals surface area contributed by atoms with E-state index in [1.807, 2.05) is 6.08 Å². The smallest absolute Gasteiger partial charge is 0.126 e. The summed E-state index contributed by atoms with van der Waals surface area (Å²) < 4.78 is 0. The fraction of sp³-hybridized carbons (Fsp3) is 0.111. The molecule has 2 nitrogen and oxygen atoms in total. The summed E-state index contributed by atoms with van der Waals surface area (Å²) in [4.78, 5) is 0. The van der Waals surface area contributed by atoms with Gasteiger partial charge in [0.1, 0.15) is 11.5 Å². The molecule has 1 aromatic rings. The monoisotopic (exact) mass is 182 g/mol. The van der Waals surface area contributed by atoms with E-state index in [0.717, 1.165) is 0 Å². The Labute approximate surface area is 76.6 Å². The number of thiol groups is 1. The van der Waals surface area contributed by atoms with Crippen LogP contribution >= 0.6 is 12.6 Å². The summed E-state index contributed by atoms with van der Waals surface area (Å²) in [5.41, 5.74) is 0.682. The van der Waals surface area contributed by atoms with Gasteiger partial charge in [-0.2, -0.15) is 12.6 Å². The first-order chi connectivity index (χ1) is 5.74. The maximum Gasteiger partial charge on any atom is 0.126 e. The summed E-state index contributed by atoms with van der Waals surface area (Å²) in [7, 11) is 0. The fourth-order valence-electron chi connectivity index (χ4n) is 0.853. The van der Waals surface area contributed by atoms with E-state index in [4.69, 9.17) is 5.11 Å². The van der Waals surface area contributed by atoms with E-state index in [0.29, 0.717) is 11.3 Å². The van der Waals surface area contributed by atoms with Crippen LogP contribution in [0.4, 0.5) is 0 Å². The number of benzene rings is 1. The van der Waals surface area contributed by atoms with Crippen molar-refractivity contribution in [3.8, 4) is 11.5 Å². The van der Waals surface area contributed by atoms with Crippen molar-refractivity contribution in [3.05, 3.63) is 29.8 Å². The molecule has 1 aromatic carbocycles. The number of rotatable bonds is 2. The SMILES string of the molecule is Oc1ccc(C=CCS)c(O)c1. The topological polar surface area (TPSA) is 40.5 Å². The molecule has 0 aliphatic heterocycles. The predicted octanol–water partition coefficient (Wildman–Crippen LogP) is 2.04. The fourth-order valence-corrected chi connectivity index (χ4v) is 0.958. The van der Waals surface area contributed by atoms with E-state index in [9.17, 15) is 5.11 Å². The summed E-state index contributed by atoms with van der Waals surface area (Å²) >= 11 is 3.99. The molecule has 0 saturated carbocycles. The van der Waals surface area contributed by atoms with Gasteiger partial charge in [0, 0.05) is 17.4 Å². The van der Waals surface area contributed by atoms with Gasteiger partial charge in [0.25, 0.3) is 0 Å². The molecule has 0 aliphatic carbocycles. The highest BCUT2D eigenvalue weighted by Gasteiger charge is 1.96. The Morgan fingerprint density at radius 2 is 2.08 bits per heavy atom. The van der Waals surface area contributed by atoms with Gasteiger partial charge in [0.05, 0.1) is 0 Å². The number of phenols is 2. The zero-order valence-corrected chi connectivity index (χ0v) is 7.33. The quantitative estimate of drug-likeness (QED) is 0.612. The first-order valence-electron chi connectivity index (χ1n) is 3.53. The van der Waals surface area contributed by atoms with Gasteiger partial charge >= 0.3 is 0 Å². The highest BCUT2D eigenvalue weighted by molar-refractivity contribution is 7.80. The van der Waals surface area contributed by atoms with Crippen LogP contribution < -0.4 is 0 Å². The Bertz CT molecular complexity index is 295. The van der Waals surface area contributed by atoms with Gasteiger partial charge in [0.2, 0.25) is 0 Å². The summed E-state index contributed by atoms with van der Waals surface area (Å²) in [6.07, 6.45) is 3.57. The first kappa shape index (κ1) is 9.00. The molecule has 1 rings (SSSR count). The molecule has 12 heavy (non-hydrogen) atoms. The van der Waals surface area contributed by atoms with Crippen molar-refractivity contribution >= 4 is 18.7 Å². The Kier molecular flexibility index (Phi) is 3.05. The van der Waals surface area contributed by atoms with Crippen LogP contribution in [0.5, 0.6) is 11.5 Å². The van der Waals surface area contributed by atoms with Crippen LogP contribution in [0.1, 0.15) is 5.56 Å². The number of hydrogen-bond donors (Lipinski definition) is 3. The minimum Gasteiger partial charge on any atom is -0.508 e. The molecule has 3 heteroatoms. The lowest BCUT2D eigenvalue weighted by atomic mass is 10.2. The molecular formula is C9H10O2S. The van der Waals surface area contributed by atoms with Gasteiger partial charge in [0.15, 0.2) is 0 Å². The lowest BCUT2D eigenvalue weighted by molar-refractivity contribution is 0.450. The number of phenolic OH excluding ortho intramolecular Hbond substituents is 2. The molecule has 0 atom stereocenters. The summed E-state index contributed by atoms with van der Waals surface area (Å²) in [5.74, 6) is 0.767. The van der Waals surface area contributed by atoms with Gasteiger partial charge in [-0.3, -0.25) is 0 Å². The van der Waals surface area contributed by atoms with Gasteiger partial charge in [-0.25, -0.2) is 0 Å². The van der Waals surface area contributed by atoms with Gasteiger partial charge < -0.3 is 10.2 Å². The molecule has 0 fully saturated rings. The van der Waals surface area contributed by atoms with Gasteiger partial charge in [-0.05, 0) is 12.1 Å². The molecule has 0 saturated heterocycles. The number of hydrogen-bond acceptors (Lipinski definition) is 3. The second-order valence-electron chi connectivity index (χ2n) is 2.33. The van der Waals surface area contributed by atoms with Crippen LogP contribution in [0.3, 0.4) is 0 Å². The molecule has 0 unspecified atom stereocenters. The van der Waals surface area contributed by atoms with E-state index >= 15 is 0 Å². The van der Waals surface area contributed by atoms with Gasteiger partial charge in [-0.1, -0.05) is 12.2 Å². The highest BCUT2D eigenvalue weighted by atomic mass is 32.1. The Hall–Kier alpha value is -1.09. The molecule has 0 spiro atoms. The maximum atomic E-state index is 9.28. The van der Waals surface area contributed by atoms with Crippen LogP contribution in [0.25, 0.3) is 6.08 Å². The summed E-state index contributed by atoms with van der Waals surface area (Å²) in [6, 6.07) is 4.47. The lowest BCUT2D eigenvalue weighted by Gasteiger charge is -1.98. The van der Waals surface area contributed by atoms with Crippen LogP contribution in [0, 0.1) is 0 Å². The van der Waals surface area contributed by atoms with Crippen LogP contribution in [0.2, 0.25) is 0 Å². The second-order valence-corrected chi connectivity index (χ2v) is 2.69. The third-order valence-corrected chi connectivity index (χ3v) is 1.63. The molecule has 64 valence electrons. The molecule has 0 amide bonds. The van der Waals surface area contributed by atoms with Crippen molar-refractivity contribution < 1.29 is 10.2 Å². The molecule has 2 N–H and O–H groups in total. The molecule has 0 radical (unpaired) electrons. The van der Waals surface area contributed by atoms with Crippen molar-refractivity contribution in [2.75, 3.05) is 5.75 Å². The second kappa shape index (κ2) is 4.07. The molecule has 0 aromatic heterocycles. The maximum absolute atomic E-state index is 9.28. The van der Waals surface area contributed by atoms with E-state index in [1.165, 1.54) is 12.1 Å². The van der Waals surface area contributed by atoms with Crippen molar-refractivity contribution in [1.29, 1.82) is 0 Å². The van der Waals surface area contributed by atoms with Crippen molar-refractivity contribution in [2.45, 2.75) is 0 Å². The van der Waals surface area contributed by atoms with E-state index < -0.39 is 0 Å². The summed E-state index contributed by atoms with van der Waals surface area (Å²) in [6.45, 7) is 0. The summed E-state index contributed by atoms with van der Waals surface area (Å²) in [5, 5.41) is 18.2. The third-order valence-electron chi connectivity index (χ3n) is 1.42. The zero-order chi connectivity index (χ0) is 8.97. The highest BCUT2D eigenvalue weighted by Crippen LogP contribution is 2.23. The van der Waals surface area contributed by atoms with Gasteiger partial charge in [-0.15, -0.1) is 0 Å². The number of aromatic hydroxyl groups is 2. The molecule has 0 bridgehead atoms.